The summed E-state index contributed by atoms with van der Waals surface area (Å²) < 4.78 is 0. The molecule has 1 radical (unpaired) electrons. The van der Waals surface area contributed by atoms with Crippen LogP contribution in [0.15, 0.2) is 0 Å². The molecular weight excluding hydrogens is 119 g/mol. The molecule has 0 atom stereocenters. The molecule has 0 bridgehead atoms. The molecule has 0 aromatic carbocycles. The number of carboxylic acid groups (broad SMARTS) is 2. The van der Waals surface area contributed by atoms with Crippen LogP contribution in [0.4, 0.5) is 4.79 Å². The number of hydrogen-bond acceptors (Lipinski definition) is 1. The summed E-state index contributed by atoms with van der Waals surface area (Å²) in [5.41, 5.74) is 0. The van der Waals surface area contributed by atoms with Gasteiger partial charge in [0.2, 0.25) is 0 Å². The van der Waals surface area contributed by atoms with E-state index < -0.39 is 6.16 Å². The third kappa shape index (κ3) is 239. The van der Waals surface area contributed by atoms with Crippen LogP contribution in [-0.2, 0) is 16.8 Å². The van der Waals surface area contributed by atoms with E-state index in [0.29, 0.717) is 0 Å². The normalized spacial score (nSPS) is 4.80. The van der Waals surface area contributed by atoms with Crippen molar-refractivity contribution >= 4 is 6.16 Å². The Kier molecular flexibility index (Phi) is 6.67. The minimum Gasteiger partial charge on any atom is -0.450 e. The molecule has 0 unspecified atom stereocenters. The quantitative estimate of drug-likeness (QED) is 0.481. The second kappa shape index (κ2) is 3.78. The average molecular weight is 121 g/mol. The molecule has 0 saturated carbocycles. The molecule has 0 spiro atoms. The SMILES string of the molecule is O=C(O)O.[Co]. The zero-order valence-electron chi connectivity index (χ0n) is 2.14. The molecule has 5 heavy (non-hydrogen) atoms. The van der Waals surface area contributed by atoms with Crippen LogP contribution >= 0.6 is 0 Å². The van der Waals surface area contributed by atoms with Gasteiger partial charge in [-0.3, -0.25) is 0 Å². The zero-order valence-corrected chi connectivity index (χ0v) is 3.18. The van der Waals surface area contributed by atoms with E-state index in [0.717, 1.165) is 0 Å². The van der Waals surface area contributed by atoms with Crippen molar-refractivity contribution in [2.24, 2.45) is 0 Å². The van der Waals surface area contributed by atoms with Crippen molar-refractivity contribution in [3.8, 4) is 0 Å². The van der Waals surface area contributed by atoms with E-state index in [1.807, 2.05) is 0 Å². The van der Waals surface area contributed by atoms with E-state index in [4.69, 9.17) is 15.0 Å². The Hall–Kier alpha value is -0.224. The predicted molar refractivity (Wildman–Crippen MR) is 10.7 cm³/mol. The maximum Gasteiger partial charge on any atom is 0.503 e. The fourth-order valence-corrected chi connectivity index (χ4v) is 0. The van der Waals surface area contributed by atoms with Crippen LogP contribution in [0.2, 0.25) is 0 Å². The molecule has 0 aliphatic rings. The third-order valence-corrected chi connectivity index (χ3v) is 0. The Morgan fingerprint density at radius 3 is 1.40 bits per heavy atom. The van der Waals surface area contributed by atoms with E-state index in [2.05, 4.69) is 0 Å². The maximum absolute atomic E-state index is 8.56. The number of hydrogen-bond donors (Lipinski definition) is 2. The summed E-state index contributed by atoms with van der Waals surface area (Å²) in [5.74, 6) is 0. The summed E-state index contributed by atoms with van der Waals surface area (Å²) >= 11 is 0. The molecule has 4 heteroatoms. The van der Waals surface area contributed by atoms with Gasteiger partial charge >= 0.3 is 6.16 Å². The molecular formula is CH2CoO3. The van der Waals surface area contributed by atoms with Gasteiger partial charge in [-0.05, 0) is 0 Å². The predicted octanol–water partition coefficient (Wildman–Crippen LogP) is 0.220. The van der Waals surface area contributed by atoms with Crippen LogP contribution in [0.25, 0.3) is 0 Å². The molecule has 33 valence electrons. The average Bonchev–Trinajstić information content (AvgIpc) is 0.811. The first-order valence-corrected chi connectivity index (χ1v) is 0.651. The maximum atomic E-state index is 8.56. The Morgan fingerprint density at radius 1 is 1.40 bits per heavy atom. The van der Waals surface area contributed by atoms with Gasteiger partial charge in [0.1, 0.15) is 0 Å². The van der Waals surface area contributed by atoms with Crippen molar-refractivity contribution in [3.05, 3.63) is 0 Å². The van der Waals surface area contributed by atoms with E-state index in [1.165, 1.54) is 0 Å². The van der Waals surface area contributed by atoms with Crippen LogP contribution in [0.3, 0.4) is 0 Å². The Morgan fingerprint density at radius 2 is 1.40 bits per heavy atom. The van der Waals surface area contributed by atoms with Crippen LogP contribution in [0.5, 0.6) is 0 Å². The molecule has 0 aromatic heterocycles. The number of rotatable bonds is 0. The van der Waals surface area contributed by atoms with Crippen molar-refractivity contribution in [2.45, 2.75) is 0 Å². The molecule has 2 N–H and O–H groups in total. The van der Waals surface area contributed by atoms with Crippen molar-refractivity contribution < 1.29 is 31.8 Å². The van der Waals surface area contributed by atoms with Gasteiger partial charge < -0.3 is 10.2 Å². The largest absolute Gasteiger partial charge is 0.503 e. The fourth-order valence-electron chi connectivity index (χ4n) is 0. The molecule has 0 aliphatic carbocycles. The van der Waals surface area contributed by atoms with Crippen LogP contribution in [0.1, 0.15) is 0 Å². The van der Waals surface area contributed by atoms with Gasteiger partial charge in [0, 0.05) is 16.8 Å². The Bertz CT molecular complexity index is 29.9. The Labute approximate surface area is 38.8 Å². The summed E-state index contributed by atoms with van der Waals surface area (Å²) in [6.07, 6.45) is -1.83. The fraction of sp³-hybridized carbons (Fsp3) is 0. The third-order valence-electron chi connectivity index (χ3n) is 0. The Balaban J connectivity index is 0. The minimum atomic E-state index is -1.83. The van der Waals surface area contributed by atoms with E-state index in [-0.39, 0.29) is 16.8 Å². The first kappa shape index (κ1) is 8.84. The minimum absolute atomic E-state index is 0. The number of carbonyl (C=O) groups is 1. The summed E-state index contributed by atoms with van der Waals surface area (Å²) in [7, 11) is 0. The van der Waals surface area contributed by atoms with Gasteiger partial charge in [-0.1, -0.05) is 0 Å². The summed E-state index contributed by atoms with van der Waals surface area (Å²) in [6, 6.07) is 0. The topological polar surface area (TPSA) is 57.5 Å². The first-order valence-electron chi connectivity index (χ1n) is 0.651. The summed E-state index contributed by atoms with van der Waals surface area (Å²) in [4.78, 5) is 8.56. The van der Waals surface area contributed by atoms with Crippen molar-refractivity contribution in [1.29, 1.82) is 0 Å². The van der Waals surface area contributed by atoms with Crippen molar-refractivity contribution in [2.75, 3.05) is 0 Å². The van der Waals surface area contributed by atoms with Gasteiger partial charge in [0.25, 0.3) is 0 Å². The molecule has 3 nitrogen and oxygen atoms in total. The van der Waals surface area contributed by atoms with E-state index in [1.54, 1.807) is 0 Å². The van der Waals surface area contributed by atoms with Gasteiger partial charge in [-0.25, -0.2) is 4.79 Å². The second-order valence-corrected chi connectivity index (χ2v) is 0.283. The monoisotopic (exact) mass is 121 g/mol. The van der Waals surface area contributed by atoms with Crippen LogP contribution in [-0.4, -0.2) is 16.4 Å². The second-order valence-electron chi connectivity index (χ2n) is 0.283. The zero-order chi connectivity index (χ0) is 3.58. The van der Waals surface area contributed by atoms with Gasteiger partial charge in [-0.2, -0.15) is 0 Å². The molecule has 0 aliphatic heterocycles. The van der Waals surface area contributed by atoms with E-state index >= 15 is 0 Å². The smallest absolute Gasteiger partial charge is 0.450 e. The first-order chi connectivity index (χ1) is 1.73. The van der Waals surface area contributed by atoms with Gasteiger partial charge in [0.15, 0.2) is 0 Å². The molecule has 0 amide bonds. The molecule has 0 saturated heterocycles. The standard InChI is InChI=1S/CH2O3.Co/c2-1(3)4;/h(H2,2,3,4);. The van der Waals surface area contributed by atoms with Crippen LogP contribution in [0, 0.1) is 0 Å². The van der Waals surface area contributed by atoms with E-state index in [9.17, 15) is 0 Å². The molecule has 0 aromatic rings. The summed E-state index contributed by atoms with van der Waals surface area (Å²) in [5, 5.41) is 13.9. The molecule has 0 fully saturated rings. The van der Waals surface area contributed by atoms with Crippen LogP contribution < -0.4 is 0 Å². The van der Waals surface area contributed by atoms with Gasteiger partial charge in [0.05, 0.1) is 0 Å². The summed E-state index contributed by atoms with van der Waals surface area (Å²) in [6.45, 7) is 0. The van der Waals surface area contributed by atoms with Crippen molar-refractivity contribution in [1.82, 2.24) is 0 Å². The van der Waals surface area contributed by atoms with Gasteiger partial charge in [-0.15, -0.1) is 0 Å². The molecule has 0 heterocycles. The molecule has 0 rings (SSSR count). The van der Waals surface area contributed by atoms with Crippen molar-refractivity contribution in [3.63, 3.8) is 0 Å².